The highest BCUT2D eigenvalue weighted by atomic mass is 19.3. The molecular weight excluding hydrogens is 320 g/mol. The predicted molar refractivity (Wildman–Crippen MR) is 84.0 cm³/mol. The van der Waals surface area contributed by atoms with Gasteiger partial charge in [-0.05, 0) is 44.2 Å². The molecule has 0 saturated carbocycles. The molecule has 1 heterocycles. The lowest BCUT2D eigenvalue weighted by Crippen LogP contribution is -2.34. The lowest BCUT2D eigenvalue weighted by molar-refractivity contribution is -0.121. The third-order valence-corrected chi connectivity index (χ3v) is 3.20. The first kappa shape index (κ1) is 17.6. The molecule has 8 heteroatoms. The van der Waals surface area contributed by atoms with Gasteiger partial charge in [0.25, 0.3) is 5.56 Å². The van der Waals surface area contributed by atoms with Gasteiger partial charge >= 0.3 is 6.61 Å². The van der Waals surface area contributed by atoms with Crippen LogP contribution < -0.4 is 15.6 Å². The van der Waals surface area contributed by atoms with E-state index in [1.165, 1.54) is 12.1 Å². The van der Waals surface area contributed by atoms with Gasteiger partial charge in [0.1, 0.15) is 12.3 Å². The summed E-state index contributed by atoms with van der Waals surface area (Å²) in [5.41, 5.74) is 1.14. The molecule has 0 aliphatic rings. The van der Waals surface area contributed by atoms with Gasteiger partial charge in [0.15, 0.2) is 0 Å². The molecule has 1 aromatic heterocycles. The molecule has 2 aromatic rings. The van der Waals surface area contributed by atoms with Crippen molar-refractivity contribution in [2.75, 3.05) is 6.54 Å². The molecule has 0 fully saturated rings. The van der Waals surface area contributed by atoms with E-state index in [2.05, 4.69) is 15.2 Å². The second-order valence-electron chi connectivity index (χ2n) is 5.03. The van der Waals surface area contributed by atoms with Crippen molar-refractivity contribution in [3.05, 3.63) is 46.2 Å². The van der Waals surface area contributed by atoms with E-state index in [1.807, 2.05) is 0 Å². The summed E-state index contributed by atoms with van der Waals surface area (Å²) in [6.07, 6.45) is 0. The minimum Gasteiger partial charge on any atom is -0.435 e. The van der Waals surface area contributed by atoms with Crippen LogP contribution in [0.25, 0.3) is 11.3 Å². The molecule has 6 nitrogen and oxygen atoms in total. The number of nitrogens with zero attached hydrogens (tertiary/aromatic N) is 2. The van der Waals surface area contributed by atoms with Gasteiger partial charge in [0, 0.05) is 17.7 Å². The number of carbonyl (C=O) groups excluding carboxylic acids is 1. The molecule has 128 valence electrons. The molecule has 0 radical (unpaired) electrons. The van der Waals surface area contributed by atoms with Gasteiger partial charge in [-0.15, -0.1) is 0 Å². The standard InChI is InChI=1S/C16H17F2N3O3/c1-3-19-14(22)9-21-15(23)10(2)8-13(20-21)11-4-6-12(7-5-11)24-16(17)18/h4-8,16H,3,9H2,1-2H3,(H,19,22). The zero-order chi connectivity index (χ0) is 17.7. The summed E-state index contributed by atoms with van der Waals surface area (Å²) < 4.78 is 29.7. The molecule has 0 bridgehead atoms. The number of hydrogen-bond acceptors (Lipinski definition) is 4. The Kier molecular flexibility index (Phi) is 5.62. The molecule has 2 rings (SSSR count). The zero-order valence-electron chi connectivity index (χ0n) is 13.3. The topological polar surface area (TPSA) is 73.2 Å². The molecule has 1 aromatic carbocycles. The van der Waals surface area contributed by atoms with Crippen LogP contribution in [-0.4, -0.2) is 28.8 Å². The first-order chi connectivity index (χ1) is 11.4. The summed E-state index contributed by atoms with van der Waals surface area (Å²) in [5, 5.41) is 6.77. The van der Waals surface area contributed by atoms with Crippen LogP contribution in [0.5, 0.6) is 5.75 Å². The molecule has 0 atom stereocenters. The predicted octanol–water partition coefficient (Wildman–Crippen LogP) is 1.96. The van der Waals surface area contributed by atoms with Crippen molar-refractivity contribution in [3.8, 4) is 17.0 Å². The minimum absolute atomic E-state index is 0.0288. The van der Waals surface area contributed by atoms with Gasteiger partial charge in [-0.2, -0.15) is 13.9 Å². The number of hydrogen-bond donors (Lipinski definition) is 1. The summed E-state index contributed by atoms with van der Waals surface area (Å²) in [5.74, 6) is -0.287. The lowest BCUT2D eigenvalue weighted by Gasteiger charge is -2.10. The number of amides is 1. The fourth-order valence-corrected chi connectivity index (χ4v) is 2.12. The Bertz CT molecular complexity index is 773. The fraction of sp³-hybridized carbons (Fsp3) is 0.312. The Labute approximate surface area is 137 Å². The van der Waals surface area contributed by atoms with Crippen molar-refractivity contribution in [2.24, 2.45) is 0 Å². The first-order valence-electron chi connectivity index (χ1n) is 7.31. The highest BCUT2D eigenvalue weighted by Crippen LogP contribution is 2.21. The monoisotopic (exact) mass is 337 g/mol. The molecule has 0 aliphatic heterocycles. The van der Waals surface area contributed by atoms with Gasteiger partial charge < -0.3 is 10.1 Å². The van der Waals surface area contributed by atoms with Gasteiger partial charge in [-0.25, -0.2) is 4.68 Å². The fourth-order valence-electron chi connectivity index (χ4n) is 2.12. The maximum absolute atomic E-state index is 12.2. The Balaban J connectivity index is 2.32. The van der Waals surface area contributed by atoms with Crippen LogP contribution in [0.3, 0.4) is 0 Å². The first-order valence-corrected chi connectivity index (χ1v) is 7.31. The van der Waals surface area contributed by atoms with E-state index in [4.69, 9.17) is 0 Å². The van der Waals surface area contributed by atoms with Crippen molar-refractivity contribution < 1.29 is 18.3 Å². The van der Waals surface area contributed by atoms with Gasteiger partial charge in [0.05, 0.1) is 5.69 Å². The third kappa shape index (κ3) is 4.37. The number of alkyl halides is 2. The Hall–Kier alpha value is -2.77. The number of aromatic nitrogens is 2. The molecule has 1 N–H and O–H groups in total. The van der Waals surface area contributed by atoms with Crippen LogP contribution in [0.15, 0.2) is 35.1 Å². The quantitative estimate of drug-likeness (QED) is 0.874. The van der Waals surface area contributed by atoms with E-state index in [-0.39, 0.29) is 23.8 Å². The summed E-state index contributed by atoms with van der Waals surface area (Å²) in [6.45, 7) is 0.774. The number of rotatable bonds is 6. The smallest absolute Gasteiger partial charge is 0.387 e. The molecule has 0 unspecified atom stereocenters. The number of nitrogens with one attached hydrogen (secondary N) is 1. The van der Waals surface area contributed by atoms with Crippen molar-refractivity contribution >= 4 is 5.91 Å². The highest BCUT2D eigenvalue weighted by molar-refractivity contribution is 5.75. The third-order valence-electron chi connectivity index (χ3n) is 3.20. The Morgan fingerprint density at radius 3 is 2.58 bits per heavy atom. The SMILES string of the molecule is CCNC(=O)Cn1nc(-c2ccc(OC(F)F)cc2)cc(C)c1=O. The minimum atomic E-state index is -2.89. The van der Waals surface area contributed by atoms with Crippen molar-refractivity contribution in [2.45, 2.75) is 27.0 Å². The van der Waals surface area contributed by atoms with Crippen molar-refractivity contribution in [1.82, 2.24) is 15.1 Å². The molecule has 0 saturated heterocycles. The summed E-state index contributed by atoms with van der Waals surface area (Å²) >= 11 is 0. The Morgan fingerprint density at radius 2 is 2.00 bits per heavy atom. The highest BCUT2D eigenvalue weighted by Gasteiger charge is 2.11. The van der Waals surface area contributed by atoms with E-state index in [1.54, 1.807) is 32.0 Å². The number of likely N-dealkylation sites (N-methyl/N-ethyl adjacent to an activating group) is 1. The van der Waals surface area contributed by atoms with Crippen LogP contribution >= 0.6 is 0 Å². The summed E-state index contributed by atoms with van der Waals surface area (Å²) in [4.78, 5) is 23.8. The molecule has 0 spiro atoms. The molecule has 1 amide bonds. The Morgan fingerprint density at radius 1 is 1.33 bits per heavy atom. The van der Waals surface area contributed by atoms with Gasteiger partial charge in [-0.1, -0.05) is 0 Å². The summed E-state index contributed by atoms with van der Waals surface area (Å²) in [7, 11) is 0. The molecular formula is C16H17F2N3O3. The van der Waals surface area contributed by atoms with E-state index in [0.717, 1.165) is 4.68 Å². The number of ether oxygens (including phenoxy) is 1. The molecule has 0 aliphatic carbocycles. The number of carbonyl (C=O) groups is 1. The number of benzene rings is 1. The van der Waals surface area contributed by atoms with Gasteiger partial charge in [-0.3, -0.25) is 9.59 Å². The second kappa shape index (κ2) is 7.67. The van der Waals surface area contributed by atoms with Crippen LogP contribution in [0.1, 0.15) is 12.5 Å². The average Bonchev–Trinajstić information content (AvgIpc) is 2.52. The van der Waals surface area contributed by atoms with Gasteiger partial charge in [0.2, 0.25) is 5.91 Å². The van der Waals surface area contributed by atoms with Crippen LogP contribution in [-0.2, 0) is 11.3 Å². The van der Waals surface area contributed by atoms with E-state index >= 15 is 0 Å². The normalized spacial score (nSPS) is 10.7. The number of aryl methyl sites for hydroxylation is 1. The maximum atomic E-state index is 12.2. The second-order valence-corrected chi connectivity index (χ2v) is 5.03. The average molecular weight is 337 g/mol. The largest absolute Gasteiger partial charge is 0.435 e. The van der Waals surface area contributed by atoms with Crippen LogP contribution in [0, 0.1) is 6.92 Å². The zero-order valence-corrected chi connectivity index (χ0v) is 13.3. The summed E-state index contributed by atoms with van der Waals surface area (Å²) in [6, 6.07) is 7.47. The van der Waals surface area contributed by atoms with E-state index < -0.39 is 6.61 Å². The lowest BCUT2D eigenvalue weighted by atomic mass is 10.1. The maximum Gasteiger partial charge on any atom is 0.387 e. The number of halogens is 2. The van der Waals surface area contributed by atoms with Crippen LogP contribution in [0.4, 0.5) is 8.78 Å². The van der Waals surface area contributed by atoms with Crippen molar-refractivity contribution in [1.29, 1.82) is 0 Å². The molecule has 24 heavy (non-hydrogen) atoms. The van der Waals surface area contributed by atoms with E-state index in [9.17, 15) is 18.4 Å². The van der Waals surface area contributed by atoms with E-state index in [0.29, 0.717) is 23.4 Å². The van der Waals surface area contributed by atoms with Crippen LogP contribution in [0.2, 0.25) is 0 Å². The van der Waals surface area contributed by atoms with Crippen molar-refractivity contribution in [3.63, 3.8) is 0 Å².